The molecule has 0 atom stereocenters. The fraction of sp³-hybridized carbons (Fsp3) is 0.833. The minimum atomic E-state index is 0.542. The van der Waals surface area contributed by atoms with Gasteiger partial charge in [-0.25, -0.2) is 5.84 Å². The lowest BCUT2D eigenvalue weighted by Crippen LogP contribution is -2.40. The number of thiocarbonyl (C=S) groups is 1. The lowest BCUT2D eigenvalue weighted by atomic mass is 10.3. The van der Waals surface area contributed by atoms with Crippen molar-refractivity contribution in [2.75, 3.05) is 6.54 Å². The molecule has 58 valence electrons. The van der Waals surface area contributed by atoms with Crippen LogP contribution >= 0.6 is 12.2 Å². The Morgan fingerprint density at radius 3 is 2.80 bits per heavy atom. The van der Waals surface area contributed by atoms with Gasteiger partial charge in [-0.05, 0) is 24.6 Å². The average molecular weight is 159 g/mol. The quantitative estimate of drug-likeness (QED) is 0.311. The van der Waals surface area contributed by atoms with Crippen molar-refractivity contribution in [3.8, 4) is 0 Å². The molecule has 1 saturated carbocycles. The molecule has 1 aliphatic carbocycles. The molecule has 0 spiro atoms. The summed E-state index contributed by atoms with van der Waals surface area (Å²) in [5.41, 5.74) is 2.38. The first-order valence-electron chi connectivity index (χ1n) is 3.57. The second kappa shape index (κ2) is 3.73. The Morgan fingerprint density at radius 2 is 2.30 bits per heavy atom. The monoisotopic (exact) mass is 159 g/mol. The molecule has 0 aromatic heterocycles. The van der Waals surface area contributed by atoms with E-state index in [0.717, 1.165) is 12.5 Å². The highest BCUT2D eigenvalue weighted by molar-refractivity contribution is 7.80. The zero-order valence-corrected chi connectivity index (χ0v) is 6.71. The van der Waals surface area contributed by atoms with E-state index in [-0.39, 0.29) is 0 Å². The number of nitrogens with two attached hydrogens (primary N) is 1. The topological polar surface area (TPSA) is 50.1 Å². The van der Waals surface area contributed by atoms with E-state index in [2.05, 4.69) is 10.7 Å². The van der Waals surface area contributed by atoms with Gasteiger partial charge in [0.2, 0.25) is 0 Å². The molecule has 10 heavy (non-hydrogen) atoms. The Kier molecular flexibility index (Phi) is 2.89. The van der Waals surface area contributed by atoms with Crippen molar-refractivity contribution in [1.29, 1.82) is 0 Å². The van der Waals surface area contributed by atoms with Crippen molar-refractivity contribution in [2.24, 2.45) is 11.8 Å². The second-order valence-corrected chi connectivity index (χ2v) is 3.04. The summed E-state index contributed by atoms with van der Waals surface area (Å²) in [6, 6.07) is 0. The molecule has 0 aromatic carbocycles. The Hall–Kier alpha value is -0.350. The number of hydrogen-bond acceptors (Lipinski definition) is 2. The summed E-state index contributed by atoms with van der Waals surface area (Å²) in [4.78, 5) is 0. The summed E-state index contributed by atoms with van der Waals surface area (Å²) in [6.07, 6.45) is 4.01. The van der Waals surface area contributed by atoms with Crippen LogP contribution < -0.4 is 16.6 Å². The van der Waals surface area contributed by atoms with E-state index in [1.54, 1.807) is 0 Å². The van der Waals surface area contributed by atoms with Crippen LogP contribution in [0.25, 0.3) is 0 Å². The maximum atomic E-state index is 5.05. The zero-order valence-electron chi connectivity index (χ0n) is 5.89. The van der Waals surface area contributed by atoms with Crippen LogP contribution in [0, 0.1) is 5.92 Å². The molecule has 0 aliphatic heterocycles. The first kappa shape index (κ1) is 7.75. The molecule has 1 rings (SSSR count). The van der Waals surface area contributed by atoms with E-state index in [4.69, 9.17) is 18.1 Å². The fourth-order valence-electron chi connectivity index (χ4n) is 0.847. The number of hydrogen-bond donors (Lipinski definition) is 3. The highest BCUT2D eigenvalue weighted by atomic mass is 32.1. The minimum absolute atomic E-state index is 0.542. The molecule has 1 aliphatic rings. The second-order valence-electron chi connectivity index (χ2n) is 2.63. The van der Waals surface area contributed by atoms with Crippen molar-refractivity contribution >= 4 is 17.3 Å². The van der Waals surface area contributed by atoms with E-state index < -0.39 is 0 Å². The van der Waals surface area contributed by atoms with Gasteiger partial charge in [0, 0.05) is 6.54 Å². The van der Waals surface area contributed by atoms with Crippen LogP contribution in [0.5, 0.6) is 0 Å². The van der Waals surface area contributed by atoms with Gasteiger partial charge >= 0.3 is 0 Å². The lowest BCUT2D eigenvalue weighted by molar-refractivity contribution is 0.694. The Balaban J connectivity index is 1.88. The molecule has 4 N–H and O–H groups in total. The summed E-state index contributed by atoms with van der Waals surface area (Å²) in [5, 5.41) is 3.54. The number of nitrogens with one attached hydrogen (secondary N) is 2. The molecule has 0 heterocycles. The Labute approximate surface area is 66.3 Å². The Bertz CT molecular complexity index is 122. The predicted molar refractivity (Wildman–Crippen MR) is 45.3 cm³/mol. The highest BCUT2D eigenvalue weighted by Crippen LogP contribution is 2.31. The third kappa shape index (κ3) is 2.98. The van der Waals surface area contributed by atoms with Crippen molar-refractivity contribution in [3.63, 3.8) is 0 Å². The molecule has 0 radical (unpaired) electrons. The summed E-state index contributed by atoms with van der Waals surface area (Å²) in [5.74, 6) is 6.00. The van der Waals surface area contributed by atoms with Gasteiger partial charge in [0.15, 0.2) is 5.11 Å². The summed E-state index contributed by atoms with van der Waals surface area (Å²) in [7, 11) is 0. The van der Waals surface area contributed by atoms with Gasteiger partial charge in [0.1, 0.15) is 0 Å². The van der Waals surface area contributed by atoms with Crippen LogP contribution in [0.2, 0.25) is 0 Å². The van der Waals surface area contributed by atoms with Crippen molar-refractivity contribution < 1.29 is 0 Å². The van der Waals surface area contributed by atoms with E-state index in [0.29, 0.717) is 5.11 Å². The summed E-state index contributed by atoms with van der Waals surface area (Å²) in [6.45, 7) is 0.952. The first-order chi connectivity index (χ1) is 4.83. The van der Waals surface area contributed by atoms with Gasteiger partial charge in [0.05, 0.1) is 0 Å². The van der Waals surface area contributed by atoms with Crippen LogP contribution in [0.1, 0.15) is 19.3 Å². The SMILES string of the molecule is NNC(=S)NCCC1CC1. The summed E-state index contributed by atoms with van der Waals surface area (Å²) >= 11 is 4.78. The molecule has 4 heteroatoms. The molecule has 0 amide bonds. The van der Waals surface area contributed by atoms with E-state index in [1.165, 1.54) is 19.3 Å². The van der Waals surface area contributed by atoms with Crippen LogP contribution in [0.15, 0.2) is 0 Å². The highest BCUT2D eigenvalue weighted by Gasteiger charge is 2.20. The fourth-order valence-corrected chi connectivity index (χ4v) is 0.949. The van der Waals surface area contributed by atoms with Gasteiger partial charge in [-0.2, -0.15) is 0 Å². The van der Waals surface area contributed by atoms with Crippen LogP contribution in [-0.2, 0) is 0 Å². The van der Waals surface area contributed by atoms with Gasteiger partial charge in [-0.1, -0.05) is 12.8 Å². The van der Waals surface area contributed by atoms with Gasteiger partial charge in [0.25, 0.3) is 0 Å². The summed E-state index contributed by atoms with van der Waals surface area (Å²) < 4.78 is 0. The smallest absolute Gasteiger partial charge is 0.180 e. The van der Waals surface area contributed by atoms with Crippen molar-refractivity contribution in [3.05, 3.63) is 0 Å². The van der Waals surface area contributed by atoms with Gasteiger partial charge < -0.3 is 10.7 Å². The molecule has 0 aromatic rings. The van der Waals surface area contributed by atoms with E-state index in [9.17, 15) is 0 Å². The molecular formula is C6H13N3S. The van der Waals surface area contributed by atoms with Crippen molar-refractivity contribution in [1.82, 2.24) is 10.7 Å². The van der Waals surface area contributed by atoms with E-state index >= 15 is 0 Å². The third-order valence-corrected chi connectivity index (χ3v) is 1.93. The molecule has 3 nitrogen and oxygen atoms in total. The normalized spacial score (nSPS) is 16.5. The molecule has 0 unspecified atom stereocenters. The van der Waals surface area contributed by atoms with Crippen LogP contribution in [-0.4, -0.2) is 11.7 Å². The van der Waals surface area contributed by atoms with E-state index in [1.807, 2.05) is 0 Å². The third-order valence-electron chi connectivity index (χ3n) is 1.67. The average Bonchev–Trinajstić information content (AvgIpc) is 2.71. The lowest BCUT2D eigenvalue weighted by Gasteiger charge is -2.04. The largest absolute Gasteiger partial charge is 0.362 e. The maximum absolute atomic E-state index is 5.05. The molecular weight excluding hydrogens is 146 g/mol. The van der Waals surface area contributed by atoms with Gasteiger partial charge in [-0.3, -0.25) is 0 Å². The van der Waals surface area contributed by atoms with Crippen LogP contribution in [0.4, 0.5) is 0 Å². The zero-order chi connectivity index (χ0) is 7.40. The molecule has 0 bridgehead atoms. The minimum Gasteiger partial charge on any atom is -0.362 e. The predicted octanol–water partition coefficient (Wildman–Crippen LogP) is 0.124. The number of rotatable bonds is 3. The standard InChI is InChI=1S/C6H13N3S/c7-9-6(10)8-4-3-5-1-2-5/h5H,1-4,7H2,(H2,8,9,10). The van der Waals surface area contributed by atoms with Crippen LogP contribution in [0.3, 0.4) is 0 Å². The Morgan fingerprint density at radius 1 is 1.60 bits per heavy atom. The molecule has 0 saturated heterocycles. The maximum Gasteiger partial charge on any atom is 0.180 e. The molecule has 1 fully saturated rings. The number of hydrazine groups is 1. The van der Waals surface area contributed by atoms with Crippen molar-refractivity contribution in [2.45, 2.75) is 19.3 Å². The first-order valence-corrected chi connectivity index (χ1v) is 3.98. The van der Waals surface area contributed by atoms with Gasteiger partial charge in [-0.15, -0.1) is 0 Å².